The highest BCUT2D eigenvalue weighted by atomic mass is 35.5. The molecule has 138 valence electrons. The topological polar surface area (TPSA) is 41.6 Å². The first kappa shape index (κ1) is 17.8. The zero-order chi connectivity index (χ0) is 18.3. The lowest BCUT2D eigenvalue weighted by atomic mass is 10.0. The first-order valence-corrected chi connectivity index (χ1v) is 9.74. The normalized spacial score (nSPS) is 26.2. The average molecular weight is 373 g/mol. The molecule has 1 amide bonds. The second-order valence-electron chi connectivity index (χ2n) is 7.77. The third-order valence-corrected chi connectivity index (χ3v) is 5.97. The van der Waals surface area contributed by atoms with Gasteiger partial charge in [0, 0.05) is 41.1 Å². The Morgan fingerprint density at radius 2 is 1.96 bits per heavy atom. The number of benzene rings is 2. The second-order valence-corrected chi connectivity index (χ2v) is 8.18. The fourth-order valence-electron chi connectivity index (χ4n) is 4.14. The summed E-state index contributed by atoms with van der Waals surface area (Å²) >= 11 is 6.27. The van der Waals surface area contributed by atoms with Crippen LogP contribution >= 0.6 is 11.6 Å². The van der Waals surface area contributed by atoms with Crippen LogP contribution in [0.25, 0.3) is 10.8 Å². The van der Waals surface area contributed by atoms with E-state index in [9.17, 15) is 4.79 Å². The molecule has 26 heavy (non-hydrogen) atoms. The van der Waals surface area contributed by atoms with Crippen molar-refractivity contribution in [1.29, 1.82) is 0 Å². The summed E-state index contributed by atoms with van der Waals surface area (Å²) in [4.78, 5) is 15.4. The van der Waals surface area contributed by atoms with Crippen LogP contribution in [0.3, 0.4) is 0 Å². The lowest BCUT2D eigenvalue weighted by Crippen LogP contribution is -2.48. The van der Waals surface area contributed by atoms with Crippen LogP contribution in [-0.4, -0.2) is 48.7 Å². The van der Waals surface area contributed by atoms with Crippen molar-refractivity contribution in [3.05, 3.63) is 47.0 Å². The van der Waals surface area contributed by atoms with Crippen LogP contribution in [0.15, 0.2) is 36.4 Å². The molecule has 0 saturated carbocycles. The molecule has 2 aliphatic heterocycles. The first-order chi connectivity index (χ1) is 12.5. The molecule has 2 heterocycles. The third kappa shape index (κ3) is 3.34. The molecule has 1 N–H and O–H groups in total. The van der Waals surface area contributed by atoms with Gasteiger partial charge < -0.3 is 10.1 Å². The predicted octanol–water partition coefficient (Wildman–Crippen LogP) is 3.72. The van der Waals surface area contributed by atoms with Crippen molar-refractivity contribution in [1.82, 2.24) is 10.2 Å². The van der Waals surface area contributed by atoms with Gasteiger partial charge in [-0.1, -0.05) is 49.7 Å². The van der Waals surface area contributed by atoms with Crippen molar-refractivity contribution in [2.75, 3.05) is 19.7 Å². The Hall–Kier alpha value is -1.62. The van der Waals surface area contributed by atoms with Crippen LogP contribution in [0.4, 0.5) is 0 Å². The highest BCUT2D eigenvalue weighted by Crippen LogP contribution is 2.28. The van der Waals surface area contributed by atoms with E-state index in [-0.39, 0.29) is 11.9 Å². The number of hydrogen-bond acceptors (Lipinski definition) is 3. The van der Waals surface area contributed by atoms with Gasteiger partial charge in [0.1, 0.15) is 0 Å². The van der Waals surface area contributed by atoms with Crippen molar-refractivity contribution in [3.8, 4) is 0 Å². The van der Waals surface area contributed by atoms with E-state index in [0.717, 1.165) is 36.9 Å². The molecule has 2 saturated heterocycles. The van der Waals surface area contributed by atoms with Crippen LogP contribution in [-0.2, 0) is 4.74 Å². The molecule has 0 unspecified atom stereocenters. The van der Waals surface area contributed by atoms with Gasteiger partial charge in [0.15, 0.2) is 0 Å². The van der Waals surface area contributed by atoms with Crippen molar-refractivity contribution in [2.24, 2.45) is 5.92 Å². The number of morpholine rings is 1. The van der Waals surface area contributed by atoms with E-state index >= 15 is 0 Å². The van der Waals surface area contributed by atoms with Crippen LogP contribution in [0.2, 0.25) is 5.02 Å². The Balaban J connectivity index is 1.48. The van der Waals surface area contributed by atoms with Crippen LogP contribution < -0.4 is 5.32 Å². The summed E-state index contributed by atoms with van der Waals surface area (Å²) in [5.74, 6) is 0.495. The van der Waals surface area contributed by atoms with Gasteiger partial charge in [-0.2, -0.15) is 0 Å². The van der Waals surface area contributed by atoms with Crippen molar-refractivity contribution < 1.29 is 9.53 Å². The quantitative estimate of drug-likeness (QED) is 0.892. The monoisotopic (exact) mass is 372 g/mol. The summed E-state index contributed by atoms with van der Waals surface area (Å²) in [5, 5.41) is 5.72. The fraction of sp³-hybridized carbons (Fsp3) is 0.476. The van der Waals surface area contributed by atoms with Crippen LogP contribution in [0, 0.1) is 5.92 Å². The summed E-state index contributed by atoms with van der Waals surface area (Å²) in [6.45, 7) is 7.02. The number of nitrogens with one attached hydrogen (secondary N) is 1. The minimum Gasteiger partial charge on any atom is -0.375 e. The number of hydrogen-bond donors (Lipinski definition) is 1. The number of fused-ring (bicyclic) bond motifs is 2. The van der Waals surface area contributed by atoms with Crippen LogP contribution in [0.1, 0.15) is 30.6 Å². The number of rotatable bonds is 3. The SMILES string of the molecule is CC(C)[C@H]1CN2C[C@@H](NC(=O)c3cccc4c(Cl)cccc34)C[C@H]2CO1. The fourth-order valence-corrected chi connectivity index (χ4v) is 4.38. The molecule has 2 fully saturated rings. The highest BCUT2D eigenvalue weighted by molar-refractivity contribution is 6.36. The van der Waals surface area contributed by atoms with E-state index in [1.54, 1.807) is 0 Å². The van der Waals surface area contributed by atoms with E-state index in [1.165, 1.54) is 0 Å². The Labute approximate surface area is 159 Å². The first-order valence-electron chi connectivity index (χ1n) is 9.36. The molecular formula is C21H25ClN2O2. The van der Waals surface area contributed by atoms with Gasteiger partial charge >= 0.3 is 0 Å². The van der Waals surface area contributed by atoms with Crippen LogP contribution in [0.5, 0.6) is 0 Å². The Bertz CT molecular complexity index is 823. The van der Waals surface area contributed by atoms with Gasteiger partial charge in [0.2, 0.25) is 0 Å². The number of amides is 1. The molecule has 5 heteroatoms. The van der Waals surface area contributed by atoms with E-state index in [1.807, 2.05) is 36.4 Å². The lowest BCUT2D eigenvalue weighted by molar-refractivity contribution is -0.0683. The van der Waals surface area contributed by atoms with Gasteiger partial charge in [-0.05, 0) is 29.9 Å². The van der Waals surface area contributed by atoms with E-state index in [4.69, 9.17) is 16.3 Å². The second kappa shape index (κ2) is 7.18. The van der Waals surface area contributed by atoms with Gasteiger partial charge in [0.25, 0.3) is 5.91 Å². The molecule has 4 nitrogen and oxygen atoms in total. The molecule has 0 bridgehead atoms. The lowest BCUT2D eigenvalue weighted by Gasteiger charge is -2.36. The summed E-state index contributed by atoms with van der Waals surface area (Å²) < 4.78 is 5.99. The van der Waals surface area contributed by atoms with Crippen molar-refractivity contribution >= 4 is 28.3 Å². The maximum atomic E-state index is 12.9. The Kier molecular flexibility index (Phi) is 4.91. The summed E-state index contributed by atoms with van der Waals surface area (Å²) in [6.07, 6.45) is 1.24. The summed E-state index contributed by atoms with van der Waals surface area (Å²) in [6, 6.07) is 12.0. The zero-order valence-electron chi connectivity index (χ0n) is 15.2. The maximum Gasteiger partial charge on any atom is 0.252 e. The Morgan fingerprint density at radius 1 is 1.19 bits per heavy atom. The number of carbonyl (C=O) groups excluding carboxylic acids is 1. The predicted molar refractivity (Wildman–Crippen MR) is 105 cm³/mol. The van der Waals surface area contributed by atoms with Gasteiger partial charge in [-0.25, -0.2) is 0 Å². The molecule has 0 radical (unpaired) electrons. The van der Waals surface area contributed by atoms with E-state index in [0.29, 0.717) is 28.6 Å². The molecule has 3 atom stereocenters. The number of ether oxygens (including phenoxy) is 1. The number of carbonyl (C=O) groups is 1. The molecule has 2 aliphatic rings. The van der Waals surface area contributed by atoms with E-state index in [2.05, 4.69) is 24.1 Å². The van der Waals surface area contributed by atoms with Crippen molar-refractivity contribution in [3.63, 3.8) is 0 Å². The zero-order valence-corrected chi connectivity index (χ0v) is 16.0. The maximum absolute atomic E-state index is 12.9. The minimum absolute atomic E-state index is 0.0240. The average Bonchev–Trinajstić information content (AvgIpc) is 3.02. The van der Waals surface area contributed by atoms with Gasteiger partial charge in [-0.15, -0.1) is 0 Å². The smallest absolute Gasteiger partial charge is 0.252 e. The number of nitrogens with zero attached hydrogens (tertiary/aromatic N) is 1. The highest BCUT2D eigenvalue weighted by Gasteiger charge is 2.38. The molecular weight excluding hydrogens is 348 g/mol. The molecule has 0 aromatic heterocycles. The minimum atomic E-state index is -0.0240. The molecule has 0 aliphatic carbocycles. The standard InChI is InChI=1S/C21H25ClN2O2/c1-13(2)20-11-24-10-14(9-15(24)12-26-20)23-21(25)18-7-3-6-17-16(18)5-4-8-19(17)22/h3-8,13-15,20H,9-12H2,1-2H3,(H,23,25)/t14-,15-,20+/m0/s1. The number of halogens is 1. The summed E-state index contributed by atoms with van der Waals surface area (Å²) in [5.41, 5.74) is 0.686. The Morgan fingerprint density at radius 3 is 2.77 bits per heavy atom. The summed E-state index contributed by atoms with van der Waals surface area (Å²) in [7, 11) is 0. The van der Waals surface area contributed by atoms with Gasteiger partial charge in [0.05, 0.1) is 12.7 Å². The van der Waals surface area contributed by atoms with Gasteiger partial charge in [-0.3, -0.25) is 9.69 Å². The molecule has 2 aromatic carbocycles. The largest absolute Gasteiger partial charge is 0.375 e. The van der Waals surface area contributed by atoms with Crippen molar-refractivity contribution in [2.45, 2.75) is 38.5 Å². The molecule has 2 aromatic rings. The van der Waals surface area contributed by atoms with E-state index < -0.39 is 0 Å². The third-order valence-electron chi connectivity index (χ3n) is 5.64. The molecule has 0 spiro atoms. The molecule has 4 rings (SSSR count).